The molecular formula is C20H22O2. The Morgan fingerprint density at radius 1 is 1.18 bits per heavy atom. The van der Waals surface area contributed by atoms with Crippen molar-refractivity contribution in [3.05, 3.63) is 78.4 Å². The van der Waals surface area contributed by atoms with E-state index in [1.807, 2.05) is 73.7 Å². The van der Waals surface area contributed by atoms with E-state index >= 15 is 0 Å². The minimum atomic E-state index is -0.645. The largest absolute Gasteiger partial charge is 0.481 e. The summed E-state index contributed by atoms with van der Waals surface area (Å²) in [6.07, 6.45) is 3.35. The number of benzene rings is 2. The van der Waals surface area contributed by atoms with E-state index in [4.69, 9.17) is 5.11 Å². The molecular weight excluding hydrogens is 272 g/mol. The van der Waals surface area contributed by atoms with Crippen molar-refractivity contribution < 1.29 is 9.90 Å². The van der Waals surface area contributed by atoms with Crippen molar-refractivity contribution in [2.24, 2.45) is 5.41 Å². The number of aliphatic carboxylic acids is 1. The van der Waals surface area contributed by atoms with Crippen molar-refractivity contribution >= 4 is 12.0 Å². The summed E-state index contributed by atoms with van der Waals surface area (Å²) in [7, 11) is 0. The van der Waals surface area contributed by atoms with Gasteiger partial charge in [0, 0.05) is 5.92 Å². The first kappa shape index (κ1) is 16.0. The van der Waals surface area contributed by atoms with Gasteiger partial charge in [0.05, 0.1) is 5.41 Å². The van der Waals surface area contributed by atoms with Crippen LogP contribution in [0.1, 0.15) is 36.8 Å². The minimum Gasteiger partial charge on any atom is -0.481 e. The van der Waals surface area contributed by atoms with E-state index in [0.29, 0.717) is 0 Å². The normalized spacial score (nSPS) is 22.1. The number of hydrogen-bond acceptors (Lipinski definition) is 1. The fourth-order valence-electron chi connectivity index (χ4n) is 2.80. The van der Waals surface area contributed by atoms with Crippen molar-refractivity contribution in [2.45, 2.75) is 25.7 Å². The van der Waals surface area contributed by atoms with E-state index in [2.05, 4.69) is 6.58 Å². The second-order valence-corrected chi connectivity index (χ2v) is 5.60. The zero-order chi connectivity index (χ0) is 16.0. The quantitative estimate of drug-likeness (QED) is 0.863. The molecule has 0 aromatic heterocycles. The molecule has 3 rings (SSSR count). The van der Waals surface area contributed by atoms with Crippen LogP contribution in [0.25, 0.3) is 6.08 Å². The lowest BCUT2D eigenvalue weighted by molar-refractivity contribution is -0.143. The standard InChI is InChI=1S/C12H14O2.C8H8/c1-2-12(11(13)14)8-10(12)9-6-4-3-5-7-9;1-2-8-6-4-3-5-7-8/h3-7,10H,2,8H2,1H3,(H,13,14);2-7H,1H2. The fraction of sp³-hybridized carbons (Fsp3) is 0.250. The molecule has 0 bridgehead atoms. The first-order valence-electron chi connectivity index (χ1n) is 7.60. The molecule has 2 nitrogen and oxygen atoms in total. The topological polar surface area (TPSA) is 37.3 Å². The maximum atomic E-state index is 11.1. The van der Waals surface area contributed by atoms with Crippen LogP contribution in [-0.2, 0) is 4.79 Å². The molecule has 1 fully saturated rings. The third-order valence-corrected chi connectivity index (χ3v) is 4.37. The van der Waals surface area contributed by atoms with Crippen molar-refractivity contribution in [3.63, 3.8) is 0 Å². The lowest BCUT2D eigenvalue weighted by Crippen LogP contribution is -2.15. The number of hydrogen-bond donors (Lipinski definition) is 1. The Morgan fingerprint density at radius 3 is 2.09 bits per heavy atom. The summed E-state index contributed by atoms with van der Waals surface area (Å²) in [5.41, 5.74) is 1.87. The highest BCUT2D eigenvalue weighted by molar-refractivity contribution is 5.80. The fourth-order valence-corrected chi connectivity index (χ4v) is 2.80. The first-order chi connectivity index (χ1) is 10.6. The van der Waals surface area contributed by atoms with E-state index in [1.165, 1.54) is 5.56 Å². The van der Waals surface area contributed by atoms with Crippen molar-refractivity contribution in [1.82, 2.24) is 0 Å². The summed E-state index contributed by atoms with van der Waals surface area (Å²) in [4.78, 5) is 11.1. The molecule has 2 unspecified atom stereocenters. The molecule has 1 aliphatic rings. The van der Waals surface area contributed by atoms with Crippen LogP contribution >= 0.6 is 0 Å². The third kappa shape index (κ3) is 3.45. The number of carboxylic acid groups (broad SMARTS) is 1. The van der Waals surface area contributed by atoms with E-state index in [9.17, 15) is 4.79 Å². The van der Waals surface area contributed by atoms with Gasteiger partial charge in [-0.1, -0.05) is 80.2 Å². The molecule has 1 saturated carbocycles. The number of carboxylic acids is 1. The van der Waals surface area contributed by atoms with E-state index < -0.39 is 11.4 Å². The van der Waals surface area contributed by atoms with Crippen LogP contribution in [0.4, 0.5) is 0 Å². The lowest BCUT2D eigenvalue weighted by atomic mass is 9.96. The van der Waals surface area contributed by atoms with Gasteiger partial charge in [0.25, 0.3) is 0 Å². The summed E-state index contributed by atoms with van der Waals surface area (Å²) >= 11 is 0. The Hall–Kier alpha value is -2.35. The van der Waals surface area contributed by atoms with E-state index in [1.54, 1.807) is 0 Å². The molecule has 0 spiro atoms. The Bertz CT molecular complexity index is 619. The molecule has 0 heterocycles. The molecule has 114 valence electrons. The molecule has 0 amide bonds. The predicted molar refractivity (Wildman–Crippen MR) is 90.7 cm³/mol. The van der Waals surface area contributed by atoms with Gasteiger partial charge in [-0.15, -0.1) is 0 Å². The molecule has 0 radical (unpaired) electrons. The van der Waals surface area contributed by atoms with Gasteiger partial charge >= 0.3 is 5.97 Å². The average molecular weight is 294 g/mol. The summed E-state index contributed by atoms with van der Waals surface area (Å²) < 4.78 is 0. The molecule has 2 aromatic rings. The summed E-state index contributed by atoms with van der Waals surface area (Å²) in [5, 5.41) is 9.14. The van der Waals surface area contributed by atoms with Crippen LogP contribution in [-0.4, -0.2) is 11.1 Å². The average Bonchev–Trinajstić information content (AvgIpc) is 3.33. The van der Waals surface area contributed by atoms with Crippen LogP contribution in [0, 0.1) is 5.41 Å². The van der Waals surface area contributed by atoms with Crippen molar-refractivity contribution in [2.75, 3.05) is 0 Å². The van der Waals surface area contributed by atoms with Crippen LogP contribution in [0.15, 0.2) is 67.2 Å². The van der Waals surface area contributed by atoms with Gasteiger partial charge in [0.15, 0.2) is 0 Å². The zero-order valence-corrected chi connectivity index (χ0v) is 12.9. The van der Waals surface area contributed by atoms with Gasteiger partial charge in [0.1, 0.15) is 0 Å². The predicted octanol–water partition coefficient (Wildman–Crippen LogP) is 4.98. The highest BCUT2D eigenvalue weighted by Crippen LogP contribution is 2.61. The summed E-state index contributed by atoms with van der Waals surface area (Å²) in [6, 6.07) is 20.0. The van der Waals surface area contributed by atoms with Gasteiger partial charge in [-0.05, 0) is 24.0 Å². The Labute approximate surface area is 132 Å². The van der Waals surface area contributed by atoms with Crippen LogP contribution in [0.2, 0.25) is 0 Å². The first-order valence-corrected chi connectivity index (χ1v) is 7.60. The molecule has 22 heavy (non-hydrogen) atoms. The van der Waals surface area contributed by atoms with Gasteiger partial charge in [0.2, 0.25) is 0 Å². The van der Waals surface area contributed by atoms with Crippen LogP contribution in [0.3, 0.4) is 0 Å². The van der Waals surface area contributed by atoms with Gasteiger partial charge in [-0.3, -0.25) is 4.79 Å². The van der Waals surface area contributed by atoms with E-state index in [0.717, 1.165) is 18.4 Å². The van der Waals surface area contributed by atoms with Crippen LogP contribution in [0.5, 0.6) is 0 Å². The number of rotatable bonds is 4. The zero-order valence-electron chi connectivity index (χ0n) is 12.9. The molecule has 1 N–H and O–H groups in total. The van der Waals surface area contributed by atoms with Crippen LogP contribution < -0.4 is 0 Å². The molecule has 1 aliphatic carbocycles. The minimum absolute atomic E-state index is 0.228. The highest BCUT2D eigenvalue weighted by atomic mass is 16.4. The Balaban J connectivity index is 0.000000188. The summed E-state index contributed by atoms with van der Waals surface area (Å²) in [5.74, 6) is -0.417. The van der Waals surface area contributed by atoms with E-state index in [-0.39, 0.29) is 5.92 Å². The second kappa shape index (κ2) is 7.08. The highest BCUT2D eigenvalue weighted by Gasteiger charge is 2.59. The molecule has 2 aromatic carbocycles. The Morgan fingerprint density at radius 2 is 1.73 bits per heavy atom. The van der Waals surface area contributed by atoms with Gasteiger partial charge < -0.3 is 5.11 Å². The number of carbonyl (C=O) groups is 1. The lowest BCUT2D eigenvalue weighted by Gasteiger charge is -2.08. The summed E-state index contributed by atoms with van der Waals surface area (Å²) in [6.45, 7) is 5.59. The molecule has 2 heteroatoms. The molecule has 2 atom stereocenters. The third-order valence-electron chi connectivity index (χ3n) is 4.37. The van der Waals surface area contributed by atoms with Crippen molar-refractivity contribution in [3.8, 4) is 0 Å². The molecule has 0 aliphatic heterocycles. The maximum Gasteiger partial charge on any atom is 0.310 e. The van der Waals surface area contributed by atoms with Gasteiger partial charge in [-0.2, -0.15) is 0 Å². The smallest absolute Gasteiger partial charge is 0.310 e. The van der Waals surface area contributed by atoms with Gasteiger partial charge in [-0.25, -0.2) is 0 Å². The van der Waals surface area contributed by atoms with Crippen molar-refractivity contribution in [1.29, 1.82) is 0 Å². The SMILES string of the molecule is C=Cc1ccccc1.CCC1(C(=O)O)CC1c1ccccc1. The monoisotopic (exact) mass is 294 g/mol. The molecule has 0 saturated heterocycles. The second-order valence-electron chi connectivity index (χ2n) is 5.60. The Kier molecular flexibility index (Phi) is 5.16. The maximum absolute atomic E-state index is 11.1.